The highest BCUT2D eigenvalue weighted by atomic mass is 16.3. The first-order chi connectivity index (χ1) is 7.70. The maximum absolute atomic E-state index is 9.17. The van der Waals surface area contributed by atoms with E-state index in [2.05, 4.69) is 5.10 Å². The summed E-state index contributed by atoms with van der Waals surface area (Å²) < 4.78 is 1.97. The van der Waals surface area contributed by atoms with Crippen LogP contribution < -0.4 is 0 Å². The molecule has 1 aromatic heterocycles. The van der Waals surface area contributed by atoms with Crippen LogP contribution in [0, 0.1) is 13.8 Å². The molecular weight excluding hydrogens is 204 g/mol. The van der Waals surface area contributed by atoms with Gasteiger partial charge in [0.05, 0.1) is 12.3 Å². The van der Waals surface area contributed by atoms with E-state index in [0.29, 0.717) is 0 Å². The van der Waals surface area contributed by atoms with Crippen LogP contribution in [0.25, 0.3) is 0 Å². The van der Waals surface area contributed by atoms with Crippen molar-refractivity contribution in [2.45, 2.75) is 52.7 Å². The van der Waals surface area contributed by atoms with E-state index in [1.165, 1.54) is 0 Å². The number of aryl methyl sites for hydroxylation is 2. The van der Waals surface area contributed by atoms with Crippen molar-refractivity contribution in [1.29, 1.82) is 0 Å². The van der Waals surface area contributed by atoms with E-state index < -0.39 is 0 Å². The molecule has 16 heavy (non-hydrogen) atoms. The first-order valence-electron chi connectivity index (χ1n) is 5.95. The molecule has 0 aromatic carbocycles. The molecule has 4 heteroatoms. The lowest BCUT2D eigenvalue weighted by Crippen LogP contribution is -2.03. The lowest BCUT2D eigenvalue weighted by atomic mass is 10.2. The van der Waals surface area contributed by atoms with Crippen LogP contribution in [0.5, 0.6) is 0 Å². The predicted molar refractivity (Wildman–Crippen MR) is 63.2 cm³/mol. The van der Waals surface area contributed by atoms with Crippen LogP contribution in [0.4, 0.5) is 0 Å². The summed E-state index contributed by atoms with van der Waals surface area (Å²) in [5, 5.41) is 22.2. The number of unbranched alkanes of at least 4 members (excludes halogenated alkanes) is 3. The number of aromatic nitrogens is 2. The van der Waals surface area contributed by atoms with Gasteiger partial charge in [0, 0.05) is 24.4 Å². The van der Waals surface area contributed by atoms with Crippen LogP contribution in [0.15, 0.2) is 0 Å². The molecule has 1 rings (SSSR count). The van der Waals surface area contributed by atoms with Crippen molar-refractivity contribution < 1.29 is 10.2 Å². The average Bonchev–Trinajstić information content (AvgIpc) is 2.53. The Kier molecular flexibility index (Phi) is 5.49. The zero-order valence-corrected chi connectivity index (χ0v) is 10.2. The maximum Gasteiger partial charge on any atom is 0.0718 e. The van der Waals surface area contributed by atoms with Gasteiger partial charge in [-0.3, -0.25) is 4.68 Å². The normalized spacial score (nSPS) is 11.0. The Hall–Kier alpha value is -0.870. The molecule has 1 aromatic rings. The van der Waals surface area contributed by atoms with Gasteiger partial charge in [-0.05, 0) is 26.7 Å². The van der Waals surface area contributed by atoms with Crippen molar-refractivity contribution in [2.24, 2.45) is 0 Å². The zero-order chi connectivity index (χ0) is 12.0. The number of aliphatic hydroxyl groups excluding tert-OH is 2. The summed E-state index contributed by atoms with van der Waals surface area (Å²) in [5.74, 6) is 0. The fraction of sp³-hybridized carbons (Fsp3) is 0.750. The Morgan fingerprint density at radius 2 is 1.75 bits per heavy atom. The highest BCUT2D eigenvalue weighted by Crippen LogP contribution is 2.13. The third-order valence-corrected chi connectivity index (χ3v) is 2.97. The van der Waals surface area contributed by atoms with Gasteiger partial charge in [-0.2, -0.15) is 5.10 Å². The van der Waals surface area contributed by atoms with Crippen molar-refractivity contribution >= 4 is 0 Å². The predicted octanol–water partition coefficient (Wildman–Crippen LogP) is 1.54. The summed E-state index contributed by atoms with van der Waals surface area (Å²) >= 11 is 0. The highest BCUT2D eigenvalue weighted by molar-refractivity contribution is 5.23. The van der Waals surface area contributed by atoms with Crippen LogP contribution in [0.3, 0.4) is 0 Å². The molecule has 0 spiro atoms. The first kappa shape index (κ1) is 13.2. The van der Waals surface area contributed by atoms with Crippen LogP contribution in [0.2, 0.25) is 0 Å². The first-order valence-corrected chi connectivity index (χ1v) is 5.95. The number of aliphatic hydroxyl groups is 2. The minimum Gasteiger partial charge on any atom is -0.396 e. The molecular formula is C12H22N2O2. The standard InChI is InChI=1S/C12H22N2O2/c1-10-12(9-16)11(2)14(13-10)7-5-3-4-6-8-15/h15-16H,3-9H2,1-2H3. The second-order valence-electron chi connectivity index (χ2n) is 4.17. The molecule has 0 unspecified atom stereocenters. The van der Waals surface area contributed by atoms with Crippen molar-refractivity contribution in [3.63, 3.8) is 0 Å². The molecule has 0 saturated carbocycles. The van der Waals surface area contributed by atoms with E-state index in [-0.39, 0.29) is 13.2 Å². The molecule has 2 N–H and O–H groups in total. The molecule has 0 radical (unpaired) electrons. The Morgan fingerprint density at radius 1 is 1.06 bits per heavy atom. The Balaban J connectivity index is 2.42. The molecule has 0 aliphatic carbocycles. The number of hydrogen-bond acceptors (Lipinski definition) is 3. The summed E-state index contributed by atoms with van der Waals surface area (Å²) in [6.45, 7) is 5.19. The Labute approximate surface area is 96.9 Å². The van der Waals surface area contributed by atoms with E-state index in [0.717, 1.165) is 49.2 Å². The molecule has 0 saturated heterocycles. The van der Waals surface area contributed by atoms with E-state index in [1.54, 1.807) is 0 Å². The molecule has 1 heterocycles. The summed E-state index contributed by atoms with van der Waals surface area (Å²) in [4.78, 5) is 0. The summed E-state index contributed by atoms with van der Waals surface area (Å²) in [6.07, 6.45) is 4.15. The highest BCUT2D eigenvalue weighted by Gasteiger charge is 2.09. The van der Waals surface area contributed by atoms with Crippen LogP contribution in [0.1, 0.15) is 42.6 Å². The van der Waals surface area contributed by atoms with Crippen molar-refractivity contribution in [1.82, 2.24) is 9.78 Å². The Bertz CT molecular complexity index is 321. The SMILES string of the molecule is Cc1nn(CCCCCCO)c(C)c1CO. The number of nitrogens with zero attached hydrogens (tertiary/aromatic N) is 2. The molecule has 0 amide bonds. The molecule has 92 valence electrons. The molecule has 0 fully saturated rings. The third-order valence-electron chi connectivity index (χ3n) is 2.97. The molecule has 4 nitrogen and oxygen atoms in total. The van der Waals surface area contributed by atoms with Gasteiger partial charge in [0.15, 0.2) is 0 Å². The van der Waals surface area contributed by atoms with Gasteiger partial charge in [0.1, 0.15) is 0 Å². The van der Waals surface area contributed by atoms with Crippen molar-refractivity contribution in [2.75, 3.05) is 6.61 Å². The topological polar surface area (TPSA) is 58.3 Å². The third kappa shape index (κ3) is 3.32. The summed E-state index contributed by atoms with van der Waals surface area (Å²) in [5.41, 5.74) is 2.95. The van der Waals surface area contributed by atoms with Gasteiger partial charge in [-0.25, -0.2) is 0 Å². The second kappa shape index (κ2) is 6.66. The van der Waals surface area contributed by atoms with Crippen LogP contribution in [-0.2, 0) is 13.2 Å². The summed E-state index contributed by atoms with van der Waals surface area (Å²) in [6, 6.07) is 0. The smallest absolute Gasteiger partial charge is 0.0718 e. The van der Waals surface area contributed by atoms with Crippen molar-refractivity contribution in [3.8, 4) is 0 Å². The van der Waals surface area contributed by atoms with Gasteiger partial charge in [-0.15, -0.1) is 0 Å². The van der Waals surface area contributed by atoms with E-state index in [9.17, 15) is 5.11 Å². The number of rotatable bonds is 7. The largest absolute Gasteiger partial charge is 0.396 e. The molecule has 0 aliphatic heterocycles. The second-order valence-corrected chi connectivity index (χ2v) is 4.17. The van der Waals surface area contributed by atoms with E-state index in [4.69, 9.17) is 5.11 Å². The molecule has 0 atom stereocenters. The lowest BCUT2D eigenvalue weighted by molar-refractivity contribution is 0.279. The summed E-state index contributed by atoms with van der Waals surface area (Å²) in [7, 11) is 0. The van der Waals surface area contributed by atoms with Gasteiger partial charge < -0.3 is 10.2 Å². The minimum absolute atomic E-state index is 0.0716. The Morgan fingerprint density at radius 3 is 2.31 bits per heavy atom. The van der Waals surface area contributed by atoms with Crippen LogP contribution in [-0.4, -0.2) is 26.6 Å². The zero-order valence-electron chi connectivity index (χ0n) is 10.2. The average molecular weight is 226 g/mol. The number of hydrogen-bond donors (Lipinski definition) is 2. The molecule has 0 aliphatic rings. The van der Waals surface area contributed by atoms with E-state index in [1.807, 2.05) is 18.5 Å². The van der Waals surface area contributed by atoms with Crippen LogP contribution >= 0.6 is 0 Å². The van der Waals surface area contributed by atoms with Gasteiger partial charge in [0.2, 0.25) is 0 Å². The van der Waals surface area contributed by atoms with Gasteiger partial charge >= 0.3 is 0 Å². The van der Waals surface area contributed by atoms with Gasteiger partial charge in [-0.1, -0.05) is 12.8 Å². The maximum atomic E-state index is 9.17. The fourth-order valence-electron chi connectivity index (χ4n) is 1.91. The lowest BCUT2D eigenvalue weighted by Gasteiger charge is -2.04. The minimum atomic E-state index is 0.0716. The monoisotopic (exact) mass is 226 g/mol. The van der Waals surface area contributed by atoms with Crippen molar-refractivity contribution in [3.05, 3.63) is 17.0 Å². The molecule has 0 bridgehead atoms. The fourth-order valence-corrected chi connectivity index (χ4v) is 1.91. The quantitative estimate of drug-likeness (QED) is 0.693. The van der Waals surface area contributed by atoms with E-state index >= 15 is 0 Å². The van der Waals surface area contributed by atoms with Gasteiger partial charge in [0.25, 0.3) is 0 Å².